The monoisotopic (exact) mass is 266 g/mol. The van der Waals surface area contributed by atoms with Crippen molar-refractivity contribution in [3.63, 3.8) is 0 Å². The lowest BCUT2D eigenvalue weighted by atomic mass is 10.1. The molecule has 0 fully saturated rings. The first-order valence-corrected chi connectivity index (χ1v) is 7.58. The van der Waals surface area contributed by atoms with Crippen molar-refractivity contribution < 1.29 is 4.79 Å². The van der Waals surface area contributed by atoms with Crippen LogP contribution in [-0.4, -0.2) is 38.0 Å². The van der Waals surface area contributed by atoms with E-state index in [4.69, 9.17) is 0 Å². The first-order chi connectivity index (χ1) is 8.68. The molecule has 100 valence electrons. The van der Waals surface area contributed by atoms with Crippen LogP contribution in [0.2, 0.25) is 0 Å². The molecule has 4 heteroatoms. The first-order valence-electron chi connectivity index (χ1n) is 6.70. The fraction of sp³-hybridized carbons (Fsp3) is 0.643. The van der Waals surface area contributed by atoms with Crippen LogP contribution in [0, 0.1) is 0 Å². The molecule has 1 amide bonds. The number of nitrogens with zero attached hydrogens (tertiary/aromatic N) is 1. The lowest BCUT2D eigenvalue weighted by molar-refractivity contribution is 0.0950. The maximum Gasteiger partial charge on any atom is 0.252 e. The van der Waals surface area contributed by atoms with Crippen LogP contribution in [-0.2, 0) is 12.8 Å². The van der Waals surface area contributed by atoms with Gasteiger partial charge in [0.1, 0.15) is 0 Å². The summed E-state index contributed by atoms with van der Waals surface area (Å²) < 4.78 is 0. The number of carbonyl (C=O) groups excluding carboxylic acids is 1. The molecule has 1 aliphatic carbocycles. The lowest BCUT2D eigenvalue weighted by Crippen LogP contribution is -2.31. The molecule has 0 unspecified atom stereocenters. The van der Waals surface area contributed by atoms with Gasteiger partial charge in [-0.15, -0.1) is 11.3 Å². The lowest BCUT2D eigenvalue weighted by Gasteiger charge is -2.10. The zero-order valence-corrected chi connectivity index (χ0v) is 12.1. The fourth-order valence-electron chi connectivity index (χ4n) is 2.35. The number of hydrogen-bond acceptors (Lipinski definition) is 3. The van der Waals surface area contributed by atoms with E-state index in [1.54, 1.807) is 11.3 Å². The Morgan fingerprint density at radius 2 is 2.11 bits per heavy atom. The van der Waals surface area contributed by atoms with Crippen LogP contribution in [0.5, 0.6) is 0 Å². The van der Waals surface area contributed by atoms with Gasteiger partial charge in [-0.3, -0.25) is 4.79 Å². The van der Waals surface area contributed by atoms with Gasteiger partial charge in [0.2, 0.25) is 0 Å². The second-order valence-corrected chi connectivity index (χ2v) is 6.14. The SMILES string of the molecule is CN(C)CCNC(=O)c1csc2c1CCCCC2. The minimum atomic E-state index is 0.108. The third-order valence-corrected chi connectivity index (χ3v) is 4.49. The summed E-state index contributed by atoms with van der Waals surface area (Å²) in [5.41, 5.74) is 2.25. The van der Waals surface area contributed by atoms with E-state index in [-0.39, 0.29) is 5.91 Å². The van der Waals surface area contributed by atoms with Gasteiger partial charge in [0.05, 0.1) is 5.56 Å². The maximum atomic E-state index is 12.1. The zero-order valence-electron chi connectivity index (χ0n) is 11.3. The Morgan fingerprint density at radius 1 is 1.33 bits per heavy atom. The molecule has 3 nitrogen and oxygen atoms in total. The van der Waals surface area contributed by atoms with Crippen LogP contribution in [0.4, 0.5) is 0 Å². The van der Waals surface area contributed by atoms with Crippen LogP contribution >= 0.6 is 11.3 Å². The Kier molecular flexibility index (Phi) is 4.78. The van der Waals surface area contributed by atoms with Crippen molar-refractivity contribution in [1.82, 2.24) is 10.2 Å². The van der Waals surface area contributed by atoms with E-state index in [1.165, 1.54) is 29.7 Å². The van der Waals surface area contributed by atoms with E-state index in [0.29, 0.717) is 0 Å². The quantitative estimate of drug-likeness (QED) is 0.848. The highest BCUT2D eigenvalue weighted by Gasteiger charge is 2.18. The van der Waals surface area contributed by atoms with Gasteiger partial charge in [0, 0.05) is 23.3 Å². The van der Waals surface area contributed by atoms with Crippen LogP contribution < -0.4 is 5.32 Å². The van der Waals surface area contributed by atoms with Crippen molar-refractivity contribution in [2.45, 2.75) is 32.1 Å². The minimum Gasteiger partial charge on any atom is -0.351 e. The largest absolute Gasteiger partial charge is 0.351 e. The smallest absolute Gasteiger partial charge is 0.252 e. The maximum absolute atomic E-state index is 12.1. The Morgan fingerprint density at radius 3 is 2.89 bits per heavy atom. The number of rotatable bonds is 4. The molecule has 0 aromatic carbocycles. The Balaban J connectivity index is 2.00. The van der Waals surface area contributed by atoms with Crippen molar-refractivity contribution >= 4 is 17.2 Å². The number of nitrogens with one attached hydrogen (secondary N) is 1. The van der Waals surface area contributed by atoms with Crippen LogP contribution in [0.25, 0.3) is 0 Å². The van der Waals surface area contributed by atoms with Crippen LogP contribution in [0.3, 0.4) is 0 Å². The Hall–Kier alpha value is -0.870. The summed E-state index contributed by atoms with van der Waals surface area (Å²) in [6, 6.07) is 0. The number of hydrogen-bond donors (Lipinski definition) is 1. The van der Waals surface area contributed by atoms with Crippen molar-refractivity contribution in [2.24, 2.45) is 0 Å². The number of carbonyl (C=O) groups is 1. The Labute approximate surface area is 113 Å². The fourth-order valence-corrected chi connectivity index (χ4v) is 3.48. The minimum absolute atomic E-state index is 0.108. The van der Waals surface area contributed by atoms with Crippen molar-refractivity contribution in [3.8, 4) is 0 Å². The molecule has 0 bridgehead atoms. The average molecular weight is 266 g/mol. The van der Waals surface area contributed by atoms with E-state index in [0.717, 1.165) is 31.5 Å². The van der Waals surface area contributed by atoms with Crippen LogP contribution in [0.1, 0.15) is 40.1 Å². The molecule has 2 rings (SSSR count). The summed E-state index contributed by atoms with van der Waals surface area (Å²) in [5.74, 6) is 0.108. The third-order valence-electron chi connectivity index (χ3n) is 3.40. The second-order valence-electron chi connectivity index (χ2n) is 5.17. The van der Waals surface area contributed by atoms with Gasteiger partial charge in [0.25, 0.3) is 5.91 Å². The van der Waals surface area contributed by atoms with E-state index in [2.05, 4.69) is 10.2 Å². The number of thiophene rings is 1. The molecule has 0 atom stereocenters. The van der Waals surface area contributed by atoms with Gasteiger partial charge in [0.15, 0.2) is 0 Å². The van der Waals surface area contributed by atoms with Crippen molar-refractivity contribution in [2.75, 3.05) is 27.2 Å². The van der Waals surface area contributed by atoms with Crippen molar-refractivity contribution in [1.29, 1.82) is 0 Å². The van der Waals surface area contributed by atoms with Crippen molar-refractivity contribution in [3.05, 3.63) is 21.4 Å². The molecule has 0 spiro atoms. The number of aryl methyl sites for hydroxylation is 1. The molecule has 1 aliphatic rings. The molecule has 0 saturated heterocycles. The predicted octanol–water partition coefficient (Wildman–Crippen LogP) is 2.31. The molecule has 0 aliphatic heterocycles. The highest BCUT2D eigenvalue weighted by Crippen LogP contribution is 2.29. The molecule has 1 N–H and O–H groups in total. The zero-order chi connectivity index (χ0) is 13.0. The molecule has 1 aromatic rings. The number of likely N-dealkylation sites (N-methyl/N-ethyl adjacent to an activating group) is 1. The van der Waals surface area contributed by atoms with E-state index in [9.17, 15) is 4.79 Å². The van der Waals surface area contributed by atoms with Gasteiger partial charge < -0.3 is 10.2 Å². The number of amides is 1. The summed E-state index contributed by atoms with van der Waals surface area (Å²) in [5, 5.41) is 5.06. The van der Waals surface area contributed by atoms with Gasteiger partial charge in [-0.2, -0.15) is 0 Å². The third kappa shape index (κ3) is 3.33. The van der Waals surface area contributed by atoms with Crippen LogP contribution in [0.15, 0.2) is 5.38 Å². The molecule has 0 saturated carbocycles. The van der Waals surface area contributed by atoms with Gasteiger partial charge in [-0.05, 0) is 45.3 Å². The first kappa shape index (κ1) is 13.6. The molecule has 18 heavy (non-hydrogen) atoms. The highest BCUT2D eigenvalue weighted by molar-refractivity contribution is 7.10. The van der Waals surface area contributed by atoms with Gasteiger partial charge >= 0.3 is 0 Å². The topological polar surface area (TPSA) is 32.3 Å². The summed E-state index contributed by atoms with van der Waals surface area (Å²) in [7, 11) is 4.03. The predicted molar refractivity (Wildman–Crippen MR) is 76.5 cm³/mol. The molecular weight excluding hydrogens is 244 g/mol. The molecule has 1 heterocycles. The van der Waals surface area contributed by atoms with Gasteiger partial charge in [-0.1, -0.05) is 6.42 Å². The number of fused-ring (bicyclic) bond motifs is 1. The van der Waals surface area contributed by atoms with Gasteiger partial charge in [-0.25, -0.2) is 0 Å². The van der Waals surface area contributed by atoms with E-state index >= 15 is 0 Å². The standard InChI is InChI=1S/C14H22N2OS/c1-16(2)9-8-15-14(17)12-10-18-13-7-5-3-4-6-11(12)13/h10H,3-9H2,1-2H3,(H,15,17). The second kappa shape index (κ2) is 6.34. The summed E-state index contributed by atoms with van der Waals surface area (Å²) in [6.07, 6.45) is 6.03. The molecule has 0 radical (unpaired) electrons. The molecular formula is C14H22N2OS. The molecule has 1 aromatic heterocycles. The Bertz CT molecular complexity index is 412. The normalized spacial score (nSPS) is 15.3. The highest BCUT2D eigenvalue weighted by atomic mass is 32.1. The average Bonchev–Trinajstić information content (AvgIpc) is 2.58. The van der Waals surface area contributed by atoms with E-state index < -0.39 is 0 Å². The summed E-state index contributed by atoms with van der Waals surface area (Å²) in [4.78, 5) is 15.7. The van der Waals surface area contributed by atoms with E-state index in [1.807, 2.05) is 19.5 Å². The summed E-state index contributed by atoms with van der Waals surface area (Å²) >= 11 is 1.76. The summed E-state index contributed by atoms with van der Waals surface area (Å²) in [6.45, 7) is 1.61.